The Kier molecular flexibility index (Phi) is 4.70. The van der Waals surface area contributed by atoms with Crippen molar-refractivity contribution >= 4 is 5.69 Å². The van der Waals surface area contributed by atoms with Gasteiger partial charge in [-0.1, -0.05) is 0 Å². The molecule has 0 spiro atoms. The van der Waals surface area contributed by atoms with Crippen molar-refractivity contribution in [1.82, 2.24) is 0 Å². The number of nitrogens with one attached hydrogen (secondary N) is 1. The van der Waals surface area contributed by atoms with Crippen LogP contribution < -0.4 is 10.1 Å². The van der Waals surface area contributed by atoms with Crippen LogP contribution in [0.1, 0.15) is 39.2 Å². The molecule has 0 unspecified atom stereocenters. The summed E-state index contributed by atoms with van der Waals surface area (Å²) in [7, 11) is 0. The van der Waals surface area contributed by atoms with Gasteiger partial charge in [0, 0.05) is 18.3 Å². The molecule has 0 aromatic heterocycles. The van der Waals surface area contributed by atoms with Crippen LogP contribution in [-0.4, -0.2) is 24.9 Å². The zero-order valence-electron chi connectivity index (χ0n) is 12.4. The lowest BCUT2D eigenvalue weighted by atomic mass is 9.89. The van der Waals surface area contributed by atoms with E-state index in [1.165, 1.54) is 11.3 Å². The normalized spacial score (nSPS) is 22.2. The number of benzene rings is 1. The Bertz CT molecular complexity index is 411. The lowest BCUT2D eigenvalue weighted by molar-refractivity contribution is 0.00298. The number of anilines is 1. The summed E-state index contributed by atoms with van der Waals surface area (Å²) in [4.78, 5) is 0. The Balaban J connectivity index is 1.88. The van der Waals surface area contributed by atoms with Crippen molar-refractivity contribution in [1.29, 1.82) is 0 Å². The van der Waals surface area contributed by atoms with E-state index in [4.69, 9.17) is 9.47 Å². The average molecular weight is 263 g/mol. The molecule has 1 N–H and O–H groups in total. The van der Waals surface area contributed by atoms with E-state index in [-0.39, 0.29) is 6.10 Å². The highest BCUT2D eigenvalue weighted by atomic mass is 16.5. The quantitative estimate of drug-likeness (QED) is 0.847. The monoisotopic (exact) mass is 263 g/mol. The Hall–Kier alpha value is -1.22. The molecule has 106 valence electrons. The molecule has 1 aliphatic carbocycles. The van der Waals surface area contributed by atoms with Gasteiger partial charge in [0.1, 0.15) is 5.75 Å². The fourth-order valence-corrected chi connectivity index (χ4v) is 2.42. The fourth-order valence-electron chi connectivity index (χ4n) is 2.42. The van der Waals surface area contributed by atoms with Crippen LogP contribution in [-0.2, 0) is 4.74 Å². The summed E-state index contributed by atoms with van der Waals surface area (Å²) in [6.07, 6.45) is 2.89. The van der Waals surface area contributed by atoms with Gasteiger partial charge in [0.15, 0.2) is 0 Å². The molecular formula is C16H25NO2. The van der Waals surface area contributed by atoms with E-state index in [1.54, 1.807) is 0 Å². The molecule has 0 amide bonds. The van der Waals surface area contributed by atoms with Crippen LogP contribution in [0.4, 0.5) is 5.69 Å². The number of hydrogen-bond acceptors (Lipinski definition) is 3. The van der Waals surface area contributed by atoms with E-state index >= 15 is 0 Å². The molecule has 0 saturated heterocycles. The third kappa shape index (κ3) is 3.87. The third-order valence-corrected chi connectivity index (χ3v) is 3.43. The number of rotatable bonds is 6. The largest absolute Gasteiger partial charge is 0.491 e. The molecule has 1 saturated carbocycles. The predicted molar refractivity (Wildman–Crippen MR) is 79.0 cm³/mol. The molecular weight excluding hydrogens is 238 g/mol. The first-order valence-corrected chi connectivity index (χ1v) is 7.24. The summed E-state index contributed by atoms with van der Waals surface area (Å²) in [5.74, 6) is 0.943. The van der Waals surface area contributed by atoms with Crippen molar-refractivity contribution < 1.29 is 9.47 Å². The first kappa shape index (κ1) is 14.2. The van der Waals surface area contributed by atoms with Gasteiger partial charge in [0.05, 0.1) is 12.2 Å². The number of ether oxygens (including phenoxy) is 2. The molecule has 0 aliphatic heterocycles. The van der Waals surface area contributed by atoms with Crippen LogP contribution in [0, 0.1) is 6.92 Å². The maximum atomic E-state index is 5.70. The SMILES string of the molecule is CCOC1CC(Nc2ccc(OC(C)C)cc2C)C1. The van der Waals surface area contributed by atoms with Gasteiger partial charge in [-0.25, -0.2) is 0 Å². The molecule has 3 nitrogen and oxygen atoms in total. The maximum Gasteiger partial charge on any atom is 0.120 e. The van der Waals surface area contributed by atoms with E-state index < -0.39 is 0 Å². The number of aryl methyl sites for hydroxylation is 1. The van der Waals surface area contributed by atoms with E-state index in [2.05, 4.69) is 31.3 Å². The predicted octanol–water partition coefficient (Wildman–Crippen LogP) is 3.76. The van der Waals surface area contributed by atoms with Crippen molar-refractivity contribution in [3.8, 4) is 5.75 Å². The van der Waals surface area contributed by atoms with Gasteiger partial charge in [0.2, 0.25) is 0 Å². The standard InChI is InChI=1S/C16H25NO2/c1-5-18-15-9-13(10-15)17-16-7-6-14(8-12(16)4)19-11(2)3/h6-8,11,13,15,17H,5,9-10H2,1-4H3. The molecule has 1 fully saturated rings. The zero-order chi connectivity index (χ0) is 13.8. The van der Waals surface area contributed by atoms with Crippen LogP contribution in [0.2, 0.25) is 0 Å². The van der Waals surface area contributed by atoms with Crippen LogP contribution in [0.25, 0.3) is 0 Å². The first-order chi connectivity index (χ1) is 9.08. The second-order valence-electron chi connectivity index (χ2n) is 5.53. The van der Waals surface area contributed by atoms with E-state index in [9.17, 15) is 0 Å². The summed E-state index contributed by atoms with van der Waals surface area (Å²) < 4.78 is 11.3. The lowest BCUT2D eigenvalue weighted by Gasteiger charge is -2.36. The summed E-state index contributed by atoms with van der Waals surface area (Å²) in [6.45, 7) is 9.08. The Labute approximate surface area is 116 Å². The summed E-state index contributed by atoms with van der Waals surface area (Å²) >= 11 is 0. The van der Waals surface area contributed by atoms with Gasteiger partial charge in [-0.2, -0.15) is 0 Å². The van der Waals surface area contributed by atoms with Crippen LogP contribution in [0.3, 0.4) is 0 Å². The Morgan fingerprint density at radius 1 is 1.32 bits per heavy atom. The molecule has 19 heavy (non-hydrogen) atoms. The smallest absolute Gasteiger partial charge is 0.120 e. The summed E-state index contributed by atoms with van der Waals surface area (Å²) in [5, 5.41) is 3.58. The molecule has 0 atom stereocenters. The van der Waals surface area contributed by atoms with Crippen LogP contribution in [0.5, 0.6) is 5.75 Å². The minimum absolute atomic E-state index is 0.219. The maximum absolute atomic E-state index is 5.70. The molecule has 1 aromatic carbocycles. The molecule has 2 rings (SSSR count). The molecule has 1 aliphatic rings. The van der Waals surface area contributed by atoms with Crippen LogP contribution in [0.15, 0.2) is 18.2 Å². The first-order valence-electron chi connectivity index (χ1n) is 7.24. The van der Waals surface area contributed by atoms with Gasteiger partial charge < -0.3 is 14.8 Å². The highest BCUT2D eigenvalue weighted by Gasteiger charge is 2.29. The Morgan fingerprint density at radius 3 is 2.63 bits per heavy atom. The second kappa shape index (κ2) is 6.29. The summed E-state index contributed by atoms with van der Waals surface area (Å²) in [6, 6.07) is 6.79. The molecule has 0 radical (unpaired) electrons. The number of hydrogen-bond donors (Lipinski definition) is 1. The molecule has 1 aromatic rings. The van der Waals surface area contributed by atoms with Crippen molar-refractivity contribution in [3.63, 3.8) is 0 Å². The molecule has 3 heteroatoms. The van der Waals surface area contributed by atoms with Crippen molar-refractivity contribution in [2.45, 2.75) is 58.8 Å². The van der Waals surface area contributed by atoms with Crippen LogP contribution >= 0.6 is 0 Å². The topological polar surface area (TPSA) is 30.5 Å². The van der Waals surface area contributed by atoms with E-state index in [0.717, 1.165) is 25.2 Å². The molecule has 0 bridgehead atoms. The second-order valence-corrected chi connectivity index (χ2v) is 5.53. The van der Waals surface area contributed by atoms with Gasteiger partial charge in [-0.05, 0) is 64.3 Å². The van der Waals surface area contributed by atoms with Gasteiger partial charge in [-0.3, -0.25) is 0 Å². The lowest BCUT2D eigenvalue weighted by Crippen LogP contribution is -2.40. The fraction of sp³-hybridized carbons (Fsp3) is 0.625. The minimum Gasteiger partial charge on any atom is -0.491 e. The highest BCUT2D eigenvalue weighted by Crippen LogP contribution is 2.29. The van der Waals surface area contributed by atoms with Crippen molar-refractivity contribution in [3.05, 3.63) is 23.8 Å². The Morgan fingerprint density at radius 2 is 2.05 bits per heavy atom. The molecule has 0 heterocycles. The van der Waals surface area contributed by atoms with Gasteiger partial charge in [-0.15, -0.1) is 0 Å². The van der Waals surface area contributed by atoms with Crippen molar-refractivity contribution in [2.24, 2.45) is 0 Å². The zero-order valence-corrected chi connectivity index (χ0v) is 12.4. The van der Waals surface area contributed by atoms with E-state index in [0.29, 0.717) is 12.1 Å². The van der Waals surface area contributed by atoms with Gasteiger partial charge >= 0.3 is 0 Å². The third-order valence-electron chi connectivity index (χ3n) is 3.43. The summed E-state index contributed by atoms with van der Waals surface area (Å²) in [5.41, 5.74) is 2.44. The minimum atomic E-state index is 0.219. The average Bonchev–Trinajstić information content (AvgIpc) is 2.28. The van der Waals surface area contributed by atoms with E-state index in [1.807, 2.05) is 19.9 Å². The van der Waals surface area contributed by atoms with Gasteiger partial charge in [0.25, 0.3) is 0 Å². The van der Waals surface area contributed by atoms with Crippen molar-refractivity contribution in [2.75, 3.05) is 11.9 Å². The highest BCUT2D eigenvalue weighted by molar-refractivity contribution is 5.54.